The van der Waals surface area contributed by atoms with E-state index in [0.717, 1.165) is 12.1 Å². The Balaban J connectivity index is 1.88. The smallest absolute Gasteiger partial charge is 0.292 e. The van der Waals surface area contributed by atoms with E-state index in [-0.39, 0.29) is 17.8 Å². The van der Waals surface area contributed by atoms with Gasteiger partial charge in [-0.2, -0.15) is 0 Å². The van der Waals surface area contributed by atoms with Crippen molar-refractivity contribution in [3.8, 4) is 0 Å². The predicted molar refractivity (Wildman–Crippen MR) is 83.4 cm³/mol. The summed E-state index contributed by atoms with van der Waals surface area (Å²) in [6, 6.07) is 9.32. The number of para-hydroxylation sites is 2. The number of thioether (sulfide) groups is 1. The van der Waals surface area contributed by atoms with Crippen molar-refractivity contribution in [3.63, 3.8) is 0 Å². The number of benzene rings is 2. The first-order valence-electron chi connectivity index (χ1n) is 6.58. The lowest BCUT2D eigenvalue weighted by molar-refractivity contribution is -0.383. The van der Waals surface area contributed by atoms with Crippen LogP contribution >= 0.6 is 11.8 Å². The third-order valence-corrected chi connectivity index (χ3v) is 3.86. The van der Waals surface area contributed by atoms with Crippen molar-refractivity contribution in [1.82, 2.24) is 0 Å². The molecule has 5 nitrogen and oxygen atoms in total. The van der Waals surface area contributed by atoms with Gasteiger partial charge in [-0.05, 0) is 24.3 Å². The van der Waals surface area contributed by atoms with Gasteiger partial charge in [0.2, 0.25) is 5.91 Å². The maximum absolute atomic E-state index is 13.0. The molecule has 120 valence electrons. The quantitative estimate of drug-likeness (QED) is 0.491. The number of nitro groups is 1. The van der Waals surface area contributed by atoms with E-state index in [1.165, 1.54) is 36.0 Å². The van der Waals surface area contributed by atoms with E-state index in [4.69, 9.17) is 0 Å². The minimum absolute atomic E-state index is 0.0791. The van der Waals surface area contributed by atoms with Crippen LogP contribution in [0.5, 0.6) is 0 Å². The molecule has 0 aromatic heterocycles. The molecule has 0 heterocycles. The zero-order valence-electron chi connectivity index (χ0n) is 11.8. The van der Waals surface area contributed by atoms with E-state index in [0.29, 0.717) is 10.6 Å². The molecule has 0 aliphatic carbocycles. The van der Waals surface area contributed by atoms with Crippen LogP contribution < -0.4 is 5.32 Å². The van der Waals surface area contributed by atoms with Gasteiger partial charge < -0.3 is 5.32 Å². The third-order valence-electron chi connectivity index (χ3n) is 2.86. The molecular weight excluding hydrogens is 326 g/mol. The topological polar surface area (TPSA) is 72.2 Å². The molecule has 1 N–H and O–H groups in total. The normalized spacial score (nSPS) is 10.3. The average Bonchev–Trinajstić information content (AvgIpc) is 2.51. The number of carbonyl (C=O) groups is 1. The minimum Gasteiger partial charge on any atom is -0.320 e. The van der Waals surface area contributed by atoms with Crippen LogP contribution in [0.1, 0.15) is 6.42 Å². The molecule has 0 unspecified atom stereocenters. The molecule has 0 atom stereocenters. The lowest BCUT2D eigenvalue weighted by Gasteiger charge is -2.06. The molecule has 0 aliphatic rings. The number of hydrogen-bond donors (Lipinski definition) is 1. The number of anilines is 1. The molecule has 2 aromatic rings. The van der Waals surface area contributed by atoms with E-state index in [9.17, 15) is 23.7 Å². The van der Waals surface area contributed by atoms with Crippen LogP contribution in [0.2, 0.25) is 0 Å². The fourth-order valence-electron chi connectivity index (χ4n) is 1.78. The third kappa shape index (κ3) is 4.75. The Morgan fingerprint density at radius 2 is 1.91 bits per heavy atom. The van der Waals surface area contributed by atoms with E-state index in [1.54, 1.807) is 6.07 Å². The highest BCUT2D eigenvalue weighted by molar-refractivity contribution is 7.99. The molecule has 1 amide bonds. The molecule has 0 radical (unpaired) electrons. The van der Waals surface area contributed by atoms with Gasteiger partial charge in [0.25, 0.3) is 5.69 Å². The zero-order chi connectivity index (χ0) is 16.8. The first-order chi connectivity index (χ1) is 11.0. The van der Waals surface area contributed by atoms with Crippen LogP contribution in [0.4, 0.5) is 20.2 Å². The number of nitrogens with zero attached hydrogens (tertiary/aromatic N) is 1. The Labute approximate surface area is 134 Å². The van der Waals surface area contributed by atoms with Gasteiger partial charge in [-0.25, -0.2) is 8.78 Å². The van der Waals surface area contributed by atoms with Crippen LogP contribution in [0.25, 0.3) is 0 Å². The van der Waals surface area contributed by atoms with Gasteiger partial charge in [0.1, 0.15) is 5.69 Å². The highest BCUT2D eigenvalue weighted by Crippen LogP contribution is 2.24. The molecule has 2 aromatic carbocycles. The lowest BCUT2D eigenvalue weighted by Crippen LogP contribution is -2.13. The molecule has 0 saturated carbocycles. The number of hydrogen-bond acceptors (Lipinski definition) is 4. The summed E-state index contributed by atoms with van der Waals surface area (Å²) in [6.07, 6.45) is 0.0791. The second kappa shape index (κ2) is 7.68. The monoisotopic (exact) mass is 338 g/mol. The fourth-order valence-corrected chi connectivity index (χ4v) is 2.65. The molecule has 0 spiro atoms. The maximum Gasteiger partial charge on any atom is 0.292 e. The summed E-state index contributed by atoms with van der Waals surface area (Å²) in [5.41, 5.74) is -0.0607. The van der Waals surface area contributed by atoms with Gasteiger partial charge in [0, 0.05) is 23.1 Å². The number of amides is 1. The van der Waals surface area contributed by atoms with Crippen LogP contribution in [-0.2, 0) is 4.79 Å². The van der Waals surface area contributed by atoms with Crippen molar-refractivity contribution in [3.05, 3.63) is 64.2 Å². The first-order valence-corrected chi connectivity index (χ1v) is 7.57. The van der Waals surface area contributed by atoms with Gasteiger partial charge in [-0.3, -0.25) is 14.9 Å². The summed E-state index contributed by atoms with van der Waals surface area (Å²) in [4.78, 5) is 22.6. The van der Waals surface area contributed by atoms with Gasteiger partial charge in [-0.15, -0.1) is 11.8 Å². The summed E-state index contributed by atoms with van der Waals surface area (Å²) >= 11 is 1.19. The van der Waals surface area contributed by atoms with Crippen molar-refractivity contribution < 1.29 is 18.5 Å². The molecule has 8 heteroatoms. The number of rotatable bonds is 6. The molecule has 0 fully saturated rings. The Morgan fingerprint density at radius 1 is 1.17 bits per heavy atom. The highest BCUT2D eigenvalue weighted by atomic mass is 32.2. The van der Waals surface area contributed by atoms with Crippen molar-refractivity contribution in [2.75, 3.05) is 11.1 Å². The van der Waals surface area contributed by atoms with Gasteiger partial charge in [-0.1, -0.05) is 12.1 Å². The maximum atomic E-state index is 13.0. The van der Waals surface area contributed by atoms with Gasteiger partial charge in [0.05, 0.1) is 4.92 Å². The van der Waals surface area contributed by atoms with Gasteiger partial charge >= 0.3 is 0 Å². The Morgan fingerprint density at radius 3 is 2.61 bits per heavy atom. The van der Waals surface area contributed by atoms with E-state index in [1.807, 2.05) is 0 Å². The number of nitrogens with one attached hydrogen (secondary N) is 1. The van der Waals surface area contributed by atoms with E-state index >= 15 is 0 Å². The first kappa shape index (κ1) is 16.9. The lowest BCUT2D eigenvalue weighted by atomic mass is 10.2. The Kier molecular flexibility index (Phi) is 5.64. The molecule has 0 aliphatic heterocycles. The summed E-state index contributed by atoms with van der Waals surface area (Å²) in [5.74, 6) is -1.94. The van der Waals surface area contributed by atoms with Crippen molar-refractivity contribution in [2.24, 2.45) is 0 Å². The molecule has 0 bridgehead atoms. The predicted octanol–water partition coefficient (Wildman–Crippen LogP) is 3.99. The van der Waals surface area contributed by atoms with E-state index in [2.05, 4.69) is 5.32 Å². The largest absolute Gasteiger partial charge is 0.320 e. The van der Waals surface area contributed by atoms with E-state index < -0.39 is 22.5 Å². The minimum atomic E-state index is -0.945. The van der Waals surface area contributed by atoms with Crippen LogP contribution in [-0.4, -0.2) is 16.6 Å². The van der Waals surface area contributed by atoms with Crippen LogP contribution in [0.3, 0.4) is 0 Å². The molecule has 0 saturated heterocycles. The Bertz CT molecular complexity index is 740. The van der Waals surface area contributed by atoms with Crippen molar-refractivity contribution in [2.45, 2.75) is 11.3 Å². The van der Waals surface area contributed by atoms with Crippen LogP contribution in [0, 0.1) is 21.7 Å². The second-order valence-corrected chi connectivity index (χ2v) is 5.67. The Hall–Kier alpha value is -2.48. The molecule has 2 rings (SSSR count). The van der Waals surface area contributed by atoms with Gasteiger partial charge in [0.15, 0.2) is 11.6 Å². The fraction of sp³-hybridized carbons (Fsp3) is 0.133. The average molecular weight is 338 g/mol. The number of halogens is 2. The van der Waals surface area contributed by atoms with Crippen LogP contribution in [0.15, 0.2) is 47.4 Å². The number of nitro benzene ring substituents is 1. The highest BCUT2D eigenvalue weighted by Gasteiger charge is 2.14. The summed E-state index contributed by atoms with van der Waals surface area (Å²) in [7, 11) is 0. The summed E-state index contributed by atoms with van der Waals surface area (Å²) < 4.78 is 25.8. The zero-order valence-corrected chi connectivity index (χ0v) is 12.6. The molecular formula is C15H12F2N2O3S. The number of carbonyl (C=O) groups excluding carboxylic acids is 1. The van der Waals surface area contributed by atoms with Crippen molar-refractivity contribution >= 4 is 29.0 Å². The standard InChI is InChI=1S/C15H12F2N2O3S/c16-11-6-5-10(9-12(11)17)23-8-7-15(20)18-13-3-1-2-4-14(13)19(21)22/h1-6,9H,7-8H2,(H,18,20). The second-order valence-electron chi connectivity index (χ2n) is 4.50. The molecule has 23 heavy (non-hydrogen) atoms. The SMILES string of the molecule is O=C(CCSc1ccc(F)c(F)c1)Nc1ccccc1[N+](=O)[O-]. The van der Waals surface area contributed by atoms with Crippen molar-refractivity contribution in [1.29, 1.82) is 0 Å². The summed E-state index contributed by atoms with van der Waals surface area (Å²) in [6.45, 7) is 0. The summed E-state index contributed by atoms with van der Waals surface area (Å²) in [5, 5.41) is 13.3.